The van der Waals surface area contributed by atoms with Gasteiger partial charge in [-0.3, -0.25) is 4.79 Å². The molecule has 1 amide bonds. The van der Waals surface area contributed by atoms with E-state index in [9.17, 15) is 4.79 Å². The highest BCUT2D eigenvalue weighted by atomic mass is 79.9. The minimum Gasteiger partial charge on any atom is -0.496 e. The quantitative estimate of drug-likeness (QED) is 0.613. The molecule has 0 unspecified atom stereocenters. The van der Waals surface area contributed by atoms with E-state index >= 15 is 0 Å². The van der Waals surface area contributed by atoms with Crippen LogP contribution in [-0.4, -0.2) is 33.5 Å². The summed E-state index contributed by atoms with van der Waals surface area (Å²) >= 11 is 3.13. The van der Waals surface area contributed by atoms with Crippen LogP contribution < -0.4 is 19.6 Å². The number of carbonyl (C=O) groups excluding carboxylic acids is 1. The molecule has 0 aliphatic heterocycles. The fourth-order valence-electron chi connectivity index (χ4n) is 1.81. The van der Waals surface area contributed by atoms with E-state index in [2.05, 4.69) is 26.5 Å². The lowest BCUT2D eigenvalue weighted by Crippen LogP contribution is -2.16. The predicted molar refractivity (Wildman–Crippen MR) is 87.6 cm³/mol. The molecular formula is C15H15BrN2O5. The maximum Gasteiger partial charge on any atom is 0.307 e. The molecule has 1 aromatic carbocycles. The highest BCUT2D eigenvalue weighted by Crippen LogP contribution is 2.32. The zero-order valence-corrected chi connectivity index (χ0v) is 14.3. The third-order valence-corrected chi connectivity index (χ3v) is 3.34. The molecule has 7 nitrogen and oxygen atoms in total. The summed E-state index contributed by atoms with van der Waals surface area (Å²) in [7, 11) is 4.58. The van der Waals surface area contributed by atoms with Crippen molar-refractivity contribution in [2.24, 2.45) is 5.10 Å². The number of halogens is 1. The Morgan fingerprint density at radius 2 is 1.83 bits per heavy atom. The van der Waals surface area contributed by atoms with E-state index in [1.807, 2.05) is 0 Å². The number of nitrogens with zero attached hydrogens (tertiary/aromatic N) is 1. The Kier molecular flexibility index (Phi) is 5.64. The van der Waals surface area contributed by atoms with E-state index in [0.29, 0.717) is 27.5 Å². The van der Waals surface area contributed by atoms with Gasteiger partial charge in [0.05, 0.1) is 33.1 Å². The van der Waals surface area contributed by atoms with Crippen molar-refractivity contribution in [3.8, 4) is 17.2 Å². The van der Waals surface area contributed by atoms with Crippen LogP contribution in [0.3, 0.4) is 0 Å². The molecule has 0 saturated carbocycles. The van der Waals surface area contributed by atoms with Crippen LogP contribution in [-0.2, 0) is 0 Å². The molecule has 2 rings (SSSR count). The van der Waals surface area contributed by atoms with Gasteiger partial charge in [0.25, 0.3) is 0 Å². The SMILES string of the molecule is COc1cc(OC)c(/C=N\NC(=O)c2ccc(Br)o2)c(OC)c1. The molecule has 1 heterocycles. The van der Waals surface area contributed by atoms with Crippen molar-refractivity contribution in [3.05, 3.63) is 40.3 Å². The molecule has 2 aromatic rings. The van der Waals surface area contributed by atoms with Crippen LogP contribution in [0.5, 0.6) is 17.2 Å². The lowest BCUT2D eigenvalue weighted by Gasteiger charge is -2.12. The van der Waals surface area contributed by atoms with Crippen LogP contribution in [0.2, 0.25) is 0 Å². The van der Waals surface area contributed by atoms with E-state index in [0.717, 1.165) is 0 Å². The fraction of sp³-hybridized carbons (Fsp3) is 0.200. The highest BCUT2D eigenvalue weighted by molar-refractivity contribution is 9.10. The monoisotopic (exact) mass is 382 g/mol. The Morgan fingerprint density at radius 1 is 1.17 bits per heavy atom. The lowest BCUT2D eigenvalue weighted by molar-refractivity contribution is 0.0926. The molecule has 8 heteroatoms. The number of hydrogen-bond acceptors (Lipinski definition) is 6. The van der Waals surface area contributed by atoms with Crippen LogP contribution in [0.15, 0.2) is 38.5 Å². The summed E-state index contributed by atoms with van der Waals surface area (Å²) in [6, 6.07) is 6.53. The average molecular weight is 383 g/mol. The molecule has 0 saturated heterocycles. The summed E-state index contributed by atoms with van der Waals surface area (Å²) in [5, 5.41) is 3.90. The molecule has 0 aliphatic rings. The van der Waals surface area contributed by atoms with Crippen molar-refractivity contribution in [1.29, 1.82) is 0 Å². The first-order valence-corrected chi connectivity index (χ1v) is 7.27. The number of hydrazone groups is 1. The van der Waals surface area contributed by atoms with Gasteiger partial charge in [0, 0.05) is 12.1 Å². The number of amides is 1. The average Bonchev–Trinajstić information content (AvgIpc) is 3.01. The zero-order chi connectivity index (χ0) is 16.8. The molecule has 0 fully saturated rings. The summed E-state index contributed by atoms with van der Waals surface area (Å²) in [5.41, 5.74) is 2.93. The summed E-state index contributed by atoms with van der Waals surface area (Å²) in [4.78, 5) is 11.8. The molecule has 0 atom stereocenters. The lowest BCUT2D eigenvalue weighted by atomic mass is 10.2. The van der Waals surface area contributed by atoms with Crippen LogP contribution >= 0.6 is 15.9 Å². The summed E-state index contributed by atoms with van der Waals surface area (Å²) in [6.07, 6.45) is 1.42. The number of benzene rings is 1. The van der Waals surface area contributed by atoms with Gasteiger partial charge in [-0.25, -0.2) is 5.43 Å². The molecule has 1 N–H and O–H groups in total. The number of nitrogens with one attached hydrogen (secondary N) is 1. The summed E-state index contributed by atoms with van der Waals surface area (Å²) < 4.78 is 21.3. The minimum atomic E-state index is -0.474. The Balaban J connectivity index is 2.19. The second-order valence-corrected chi connectivity index (χ2v) is 5.03. The Hall–Kier alpha value is -2.48. The van der Waals surface area contributed by atoms with Gasteiger partial charge in [-0.15, -0.1) is 0 Å². The second kappa shape index (κ2) is 7.68. The smallest absolute Gasteiger partial charge is 0.307 e. The van der Waals surface area contributed by atoms with E-state index in [1.165, 1.54) is 26.5 Å². The maximum absolute atomic E-state index is 11.8. The standard InChI is InChI=1S/C15H15BrN2O5/c1-20-9-6-12(21-2)10(13(7-9)22-3)8-17-18-15(19)11-4-5-14(16)23-11/h4-8H,1-3H3,(H,18,19)/b17-8-. The molecule has 0 aliphatic carbocycles. The van der Waals surface area contributed by atoms with E-state index in [4.69, 9.17) is 18.6 Å². The molecule has 122 valence electrons. The number of rotatable bonds is 6. The first-order valence-electron chi connectivity index (χ1n) is 6.47. The van der Waals surface area contributed by atoms with Crippen LogP contribution in [0.25, 0.3) is 0 Å². The van der Waals surface area contributed by atoms with Crippen molar-refractivity contribution in [2.45, 2.75) is 0 Å². The van der Waals surface area contributed by atoms with Crippen molar-refractivity contribution in [1.82, 2.24) is 5.43 Å². The van der Waals surface area contributed by atoms with Gasteiger partial charge < -0.3 is 18.6 Å². The van der Waals surface area contributed by atoms with Gasteiger partial charge in [0.15, 0.2) is 10.4 Å². The van der Waals surface area contributed by atoms with Gasteiger partial charge >= 0.3 is 5.91 Å². The van der Waals surface area contributed by atoms with Crippen molar-refractivity contribution >= 4 is 28.1 Å². The molecule has 0 bridgehead atoms. The van der Waals surface area contributed by atoms with E-state index in [-0.39, 0.29) is 5.76 Å². The Bertz CT molecular complexity index is 701. The van der Waals surface area contributed by atoms with Gasteiger partial charge in [-0.05, 0) is 28.1 Å². The number of hydrogen-bond donors (Lipinski definition) is 1. The number of carbonyl (C=O) groups is 1. The van der Waals surface area contributed by atoms with Crippen molar-refractivity contribution in [3.63, 3.8) is 0 Å². The molecular weight excluding hydrogens is 368 g/mol. The number of ether oxygens (including phenoxy) is 3. The van der Waals surface area contributed by atoms with Crippen molar-refractivity contribution in [2.75, 3.05) is 21.3 Å². The van der Waals surface area contributed by atoms with Crippen LogP contribution in [0, 0.1) is 0 Å². The largest absolute Gasteiger partial charge is 0.496 e. The first-order chi connectivity index (χ1) is 11.1. The summed E-state index contributed by atoms with van der Waals surface area (Å²) in [6.45, 7) is 0. The summed E-state index contributed by atoms with van der Waals surface area (Å²) in [5.74, 6) is 1.25. The molecule has 0 spiro atoms. The highest BCUT2D eigenvalue weighted by Gasteiger charge is 2.12. The Labute approximate surface area is 141 Å². The predicted octanol–water partition coefficient (Wildman–Crippen LogP) is 2.83. The Morgan fingerprint density at radius 3 is 2.30 bits per heavy atom. The van der Waals surface area contributed by atoms with E-state index in [1.54, 1.807) is 25.3 Å². The topological polar surface area (TPSA) is 82.3 Å². The molecule has 0 radical (unpaired) electrons. The van der Waals surface area contributed by atoms with Crippen LogP contribution in [0.1, 0.15) is 16.1 Å². The number of methoxy groups -OCH3 is 3. The normalized spacial score (nSPS) is 10.6. The second-order valence-electron chi connectivity index (χ2n) is 4.25. The van der Waals surface area contributed by atoms with Gasteiger partial charge in [0.1, 0.15) is 17.2 Å². The van der Waals surface area contributed by atoms with Gasteiger partial charge in [-0.1, -0.05) is 0 Å². The first kappa shape index (κ1) is 16.9. The third-order valence-electron chi connectivity index (χ3n) is 2.91. The third kappa shape index (κ3) is 4.04. The molecule has 1 aromatic heterocycles. The van der Waals surface area contributed by atoms with Gasteiger partial charge in [0.2, 0.25) is 0 Å². The zero-order valence-electron chi connectivity index (χ0n) is 12.8. The molecule has 23 heavy (non-hydrogen) atoms. The van der Waals surface area contributed by atoms with Gasteiger partial charge in [-0.2, -0.15) is 5.10 Å². The van der Waals surface area contributed by atoms with Crippen molar-refractivity contribution < 1.29 is 23.4 Å². The van der Waals surface area contributed by atoms with E-state index < -0.39 is 5.91 Å². The number of furan rings is 1. The minimum absolute atomic E-state index is 0.141. The van der Waals surface area contributed by atoms with Crippen LogP contribution in [0.4, 0.5) is 0 Å². The fourth-order valence-corrected chi connectivity index (χ4v) is 2.11. The maximum atomic E-state index is 11.8.